The summed E-state index contributed by atoms with van der Waals surface area (Å²) in [4.78, 5) is 0. The highest BCUT2D eigenvalue weighted by Crippen LogP contribution is 2.39. The molecule has 0 spiro atoms. The predicted molar refractivity (Wildman–Crippen MR) is 92.7 cm³/mol. The fourth-order valence-corrected chi connectivity index (χ4v) is 2.59. The van der Waals surface area contributed by atoms with Gasteiger partial charge in [0, 0.05) is 11.4 Å². The van der Waals surface area contributed by atoms with Gasteiger partial charge in [-0.2, -0.15) is 0 Å². The van der Waals surface area contributed by atoms with E-state index in [1.165, 1.54) is 0 Å². The van der Waals surface area contributed by atoms with Crippen molar-refractivity contribution in [2.45, 2.75) is 0 Å². The number of hydrogen-bond donors (Lipinski definition) is 1. The summed E-state index contributed by atoms with van der Waals surface area (Å²) in [7, 11) is 0. The first kappa shape index (κ1) is 14.8. The maximum Gasteiger partial charge on any atom is 0.164 e. The molecule has 1 N–H and O–H groups in total. The largest absolute Gasteiger partial charge is 0.454 e. The van der Waals surface area contributed by atoms with Crippen LogP contribution in [0.5, 0.6) is 11.5 Å². The Balaban J connectivity index is 1.85. The average Bonchev–Trinajstić information content (AvgIpc) is 2.53. The zero-order valence-corrected chi connectivity index (χ0v) is 13.1. The molecule has 0 aromatic heterocycles. The van der Waals surface area contributed by atoms with E-state index < -0.39 is 0 Å². The van der Waals surface area contributed by atoms with Crippen molar-refractivity contribution in [3.8, 4) is 11.5 Å². The van der Waals surface area contributed by atoms with Gasteiger partial charge >= 0.3 is 0 Å². The summed E-state index contributed by atoms with van der Waals surface area (Å²) in [6.45, 7) is 0. The summed E-state index contributed by atoms with van der Waals surface area (Å²) in [5, 5.41) is 4.16. The molecule has 3 aromatic carbocycles. The zero-order valence-electron chi connectivity index (χ0n) is 11.6. The molecule has 4 heteroatoms. The SMILES string of the molecule is Clc1cc(Nc2ccccc2)cc(Cl)c1Oc1ccccc1. The Bertz CT molecular complexity index is 738. The first-order valence-electron chi connectivity index (χ1n) is 6.76. The Labute approximate surface area is 139 Å². The van der Waals surface area contributed by atoms with Crippen molar-refractivity contribution in [3.63, 3.8) is 0 Å². The Hall–Kier alpha value is -2.16. The number of anilines is 2. The van der Waals surface area contributed by atoms with Crippen LogP contribution in [0.15, 0.2) is 72.8 Å². The molecule has 0 amide bonds. The molecule has 2 nitrogen and oxygen atoms in total. The maximum absolute atomic E-state index is 6.30. The molecule has 0 saturated heterocycles. The number of ether oxygens (including phenoxy) is 1. The molecule has 3 aromatic rings. The minimum atomic E-state index is 0.452. The minimum Gasteiger partial charge on any atom is -0.454 e. The van der Waals surface area contributed by atoms with Gasteiger partial charge in [-0.05, 0) is 36.4 Å². The van der Waals surface area contributed by atoms with Crippen molar-refractivity contribution in [1.82, 2.24) is 0 Å². The van der Waals surface area contributed by atoms with Crippen molar-refractivity contribution in [3.05, 3.63) is 82.8 Å². The summed E-state index contributed by atoms with van der Waals surface area (Å²) in [5.41, 5.74) is 1.77. The van der Waals surface area contributed by atoms with Gasteiger partial charge in [-0.3, -0.25) is 0 Å². The van der Waals surface area contributed by atoms with E-state index in [9.17, 15) is 0 Å². The summed E-state index contributed by atoms with van der Waals surface area (Å²) >= 11 is 12.6. The van der Waals surface area contributed by atoms with Crippen molar-refractivity contribution in [1.29, 1.82) is 0 Å². The second kappa shape index (κ2) is 6.73. The van der Waals surface area contributed by atoms with E-state index in [-0.39, 0.29) is 0 Å². The first-order valence-corrected chi connectivity index (χ1v) is 7.52. The molecule has 0 radical (unpaired) electrons. The lowest BCUT2D eigenvalue weighted by Crippen LogP contribution is -1.92. The van der Waals surface area contributed by atoms with Gasteiger partial charge in [0.1, 0.15) is 5.75 Å². The van der Waals surface area contributed by atoms with E-state index in [2.05, 4.69) is 5.32 Å². The third kappa shape index (κ3) is 3.53. The number of halogens is 2. The van der Waals surface area contributed by atoms with Gasteiger partial charge in [-0.15, -0.1) is 0 Å². The predicted octanol–water partition coefficient (Wildman–Crippen LogP) is 6.53. The van der Waals surface area contributed by atoms with E-state index >= 15 is 0 Å². The molecule has 22 heavy (non-hydrogen) atoms. The summed E-state index contributed by atoms with van der Waals surface area (Å²) in [5.74, 6) is 1.14. The number of para-hydroxylation sites is 2. The standard InChI is InChI=1S/C18H13Cl2NO/c19-16-11-14(21-13-7-3-1-4-8-13)12-17(20)18(16)22-15-9-5-2-6-10-15/h1-12,21H. The maximum atomic E-state index is 6.30. The summed E-state index contributed by atoms with van der Waals surface area (Å²) in [6, 6.07) is 22.8. The Morgan fingerprint density at radius 1 is 0.682 bits per heavy atom. The number of benzene rings is 3. The highest BCUT2D eigenvalue weighted by molar-refractivity contribution is 6.37. The van der Waals surface area contributed by atoms with Gasteiger partial charge in [0.05, 0.1) is 10.0 Å². The second-order valence-electron chi connectivity index (χ2n) is 4.68. The summed E-state index contributed by atoms with van der Waals surface area (Å²) < 4.78 is 5.75. The Kier molecular flexibility index (Phi) is 4.52. The van der Waals surface area contributed by atoms with Gasteiger partial charge in [0.2, 0.25) is 0 Å². The van der Waals surface area contributed by atoms with Crippen molar-refractivity contribution >= 4 is 34.6 Å². The van der Waals surface area contributed by atoms with E-state index in [1.54, 1.807) is 12.1 Å². The lowest BCUT2D eigenvalue weighted by molar-refractivity contribution is 0.483. The average molecular weight is 330 g/mol. The lowest BCUT2D eigenvalue weighted by atomic mass is 10.2. The minimum absolute atomic E-state index is 0.452. The van der Waals surface area contributed by atoms with Crippen LogP contribution in [0.25, 0.3) is 0 Å². The molecule has 0 aliphatic carbocycles. The molecule has 3 rings (SSSR count). The zero-order chi connectivity index (χ0) is 15.4. The molecule has 0 heterocycles. The van der Waals surface area contributed by atoms with Crippen molar-refractivity contribution < 1.29 is 4.74 Å². The molecule has 0 unspecified atom stereocenters. The molecule has 0 saturated carbocycles. The van der Waals surface area contributed by atoms with Crippen LogP contribution in [-0.2, 0) is 0 Å². The van der Waals surface area contributed by atoms with E-state index in [4.69, 9.17) is 27.9 Å². The van der Waals surface area contributed by atoms with Gasteiger partial charge in [0.15, 0.2) is 5.75 Å². The van der Waals surface area contributed by atoms with Gasteiger partial charge in [-0.25, -0.2) is 0 Å². The number of hydrogen-bond acceptors (Lipinski definition) is 2. The van der Waals surface area contributed by atoms with Crippen LogP contribution in [0.2, 0.25) is 10.0 Å². The van der Waals surface area contributed by atoms with Gasteiger partial charge in [-0.1, -0.05) is 59.6 Å². The van der Waals surface area contributed by atoms with E-state index in [0.29, 0.717) is 21.5 Å². The highest BCUT2D eigenvalue weighted by Gasteiger charge is 2.11. The van der Waals surface area contributed by atoms with Crippen molar-refractivity contribution in [2.24, 2.45) is 0 Å². The Morgan fingerprint density at radius 2 is 1.23 bits per heavy atom. The number of nitrogens with one attached hydrogen (secondary N) is 1. The van der Waals surface area contributed by atoms with Gasteiger partial charge < -0.3 is 10.1 Å². The van der Waals surface area contributed by atoms with Gasteiger partial charge in [0.25, 0.3) is 0 Å². The van der Waals surface area contributed by atoms with Crippen LogP contribution in [0.1, 0.15) is 0 Å². The molecule has 0 atom stereocenters. The number of rotatable bonds is 4. The van der Waals surface area contributed by atoms with Crippen LogP contribution in [0.4, 0.5) is 11.4 Å². The fourth-order valence-electron chi connectivity index (χ4n) is 2.02. The topological polar surface area (TPSA) is 21.3 Å². The van der Waals surface area contributed by atoms with Crippen molar-refractivity contribution in [2.75, 3.05) is 5.32 Å². The van der Waals surface area contributed by atoms with E-state index in [1.807, 2.05) is 60.7 Å². The lowest BCUT2D eigenvalue weighted by Gasteiger charge is -2.12. The summed E-state index contributed by atoms with van der Waals surface area (Å²) in [6.07, 6.45) is 0. The molecule has 110 valence electrons. The molecular weight excluding hydrogens is 317 g/mol. The monoisotopic (exact) mass is 329 g/mol. The highest BCUT2D eigenvalue weighted by atomic mass is 35.5. The smallest absolute Gasteiger partial charge is 0.164 e. The van der Waals surface area contributed by atoms with Crippen LogP contribution in [-0.4, -0.2) is 0 Å². The quantitative estimate of drug-likeness (QED) is 0.587. The molecule has 0 aliphatic rings. The first-order chi connectivity index (χ1) is 10.7. The normalized spacial score (nSPS) is 10.3. The van der Waals surface area contributed by atoms with Crippen LogP contribution >= 0.6 is 23.2 Å². The molecule has 0 bridgehead atoms. The Morgan fingerprint density at radius 3 is 1.82 bits per heavy atom. The van der Waals surface area contributed by atoms with E-state index in [0.717, 1.165) is 11.4 Å². The molecular formula is C18H13Cl2NO. The second-order valence-corrected chi connectivity index (χ2v) is 5.49. The van der Waals surface area contributed by atoms with Crippen LogP contribution < -0.4 is 10.1 Å². The van der Waals surface area contributed by atoms with Crippen LogP contribution in [0, 0.1) is 0 Å². The van der Waals surface area contributed by atoms with Crippen LogP contribution in [0.3, 0.4) is 0 Å². The molecule has 0 fully saturated rings. The third-order valence-electron chi connectivity index (χ3n) is 3.02. The fraction of sp³-hybridized carbons (Fsp3) is 0. The molecule has 0 aliphatic heterocycles. The third-order valence-corrected chi connectivity index (χ3v) is 3.59.